The van der Waals surface area contributed by atoms with E-state index in [-0.39, 0.29) is 6.03 Å². The molecule has 0 atom stereocenters. The molecule has 5 rings (SSSR count). The fourth-order valence-electron chi connectivity index (χ4n) is 3.96. The van der Waals surface area contributed by atoms with E-state index in [1.54, 1.807) is 24.3 Å². The molecule has 3 heterocycles. The Morgan fingerprint density at radius 1 is 0.972 bits per heavy atom. The molecule has 0 saturated carbocycles. The van der Waals surface area contributed by atoms with Gasteiger partial charge in [-0.3, -0.25) is 9.67 Å². The van der Waals surface area contributed by atoms with Crippen LogP contribution < -0.4 is 10.6 Å². The van der Waals surface area contributed by atoms with E-state index in [9.17, 15) is 4.79 Å². The monoisotopic (exact) mass is 500 g/mol. The van der Waals surface area contributed by atoms with Crippen LogP contribution in [0.3, 0.4) is 0 Å². The zero-order chi connectivity index (χ0) is 24.7. The lowest BCUT2D eigenvalue weighted by Gasteiger charge is -2.25. The van der Waals surface area contributed by atoms with Crippen molar-refractivity contribution in [2.45, 2.75) is 18.4 Å². The standard InChI is InChI=1S/C27H28N6O2S/c1-2-32-19-25(26(31-32)20-10-12-28-13-11-20)21-4-3-5-23(18-21)30-27(34)29-22-6-8-24(9-7-22)36-33-14-16-35-17-15-33/h3-13,18-19H,2,14-17H2,1H3,(H2,29,30,34). The molecule has 36 heavy (non-hydrogen) atoms. The Balaban J connectivity index is 1.26. The predicted octanol–water partition coefficient (Wildman–Crippen LogP) is 5.62. The van der Waals surface area contributed by atoms with Gasteiger partial charge in [-0.1, -0.05) is 12.1 Å². The van der Waals surface area contributed by atoms with Gasteiger partial charge < -0.3 is 15.4 Å². The summed E-state index contributed by atoms with van der Waals surface area (Å²) in [6, 6.07) is 19.3. The van der Waals surface area contributed by atoms with E-state index >= 15 is 0 Å². The number of aromatic nitrogens is 3. The molecule has 184 valence electrons. The normalized spacial score (nSPS) is 13.9. The van der Waals surface area contributed by atoms with E-state index < -0.39 is 0 Å². The van der Waals surface area contributed by atoms with Crippen molar-refractivity contribution >= 4 is 29.4 Å². The third-order valence-electron chi connectivity index (χ3n) is 5.79. The van der Waals surface area contributed by atoms with Crippen LogP contribution >= 0.6 is 11.9 Å². The summed E-state index contributed by atoms with van der Waals surface area (Å²) in [5.41, 5.74) is 5.30. The maximum atomic E-state index is 12.7. The van der Waals surface area contributed by atoms with Gasteiger partial charge in [0.2, 0.25) is 0 Å². The number of aryl methyl sites for hydroxylation is 1. The molecular formula is C27H28N6O2S. The molecule has 2 amide bonds. The number of morpholine rings is 1. The second-order valence-corrected chi connectivity index (χ2v) is 9.47. The third-order valence-corrected chi connectivity index (χ3v) is 6.89. The van der Waals surface area contributed by atoms with Gasteiger partial charge in [0.15, 0.2) is 0 Å². The minimum atomic E-state index is -0.292. The Morgan fingerprint density at radius 3 is 2.47 bits per heavy atom. The van der Waals surface area contributed by atoms with Crippen molar-refractivity contribution in [3.63, 3.8) is 0 Å². The number of hydrogen-bond donors (Lipinski definition) is 2. The molecule has 0 bridgehead atoms. The molecule has 2 aromatic carbocycles. The van der Waals surface area contributed by atoms with Crippen LogP contribution in [0, 0.1) is 0 Å². The molecule has 0 spiro atoms. The Labute approximate surface area is 214 Å². The van der Waals surface area contributed by atoms with Crippen molar-refractivity contribution < 1.29 is 9.53 Å². The van der Waals surface area contributed by atoms with Crippen LogP contribution in [0.25, 0.3) is 22.4 Å². The first-order valence-corrected chi connectivity index (χ1v) is 12.7. The SMILES string of the molecule is CCn1cc(-c2cccc(NC(=O)Nc3ccc(SN4CCOCC4)cc3)c2)c(-c2ccncc2)n1. The van der Waals surface area contributed by atoms with Crippen LogP contribution in [0.2, 0.25) is 0 Å². The minimum Gasteiger partial charge on any atom is -0.379 e. The second kappa shape index (κ2) is 11.4. The molecular weight excluding hydrogens is 472 g/mol. The van der Waals surface area contributed by atoms with E-state index in [1.165, 1.54) is 0 Å². The molecule has 1 saturated heterocycles. The van der Waals surface area contributed by atoms with Crippen LogP contribution in [-0.4, -0.2) is 51.4 Å². The average molecular weight is 501 g/mol. The summed E-state index contributed by atoms with van der Waals surface area (Å²) in [5, 5.41) is 10.6. The van der Waals surface area contributed by atoms with Crippen molar-refractivity contribution in [3.8, 4) is 22.4 Å². The number of anilines is 2. The third kappa shape index (κ3) is 5.93. The Hall–Kier alpha value is -3.66. The quantitative estimate of drug-likeness (QED) is 0.321. The van der Waals surface area contributed by atoms with Crippen molar-refractivity contribution in [3.05, 3.63) is 79.3 Å². The van der Waals surface area contributed by atoms with Crippen LogP contribution in [0.1, 0.15) is 6.92 Å². The second-order valence-electron chi connectivity index (χ2n) is 8.30. The highest BCUT2D eigenvalue weighted by molar-refractivity contribution is 7.97. The molecule has 1 fully saturated rings. The van der Waals surface area contributed by atoms with Crippen LogP contribution in [0.15, 0.2) is 84.1 Å². The van der Waals surface area contributed by atoms with Crippen molar-refractivity contribution in [2.24, 2.45) is 0 Å². The molecule has 9 heteroatoms. The summed E-state index contributed by atoms with van der Waals surface area (Å²) in [7, 11) is 0. The number of hydrogen-bond acceptors (Lipinski definition) is 6. The number of benzene rings is 2. The summed E-state index contributed by atoms with van der Waals surface area (Å²) in [5.74, 6) is 0. The highest BCUT2D eigenvalue weighted by Crippen LogP contribution is 2.32. The topological polar surface area (TPSA) is 84.3 Å². The highest BCUT2D eigenvalue weighted by atomic mass is 32.2. The Bertz CT molecular complexity index is 1300. The number of pyridine rings is 1. The molecule has 4 aromatic rings. The fraction of sp³-hybridized carbons (Fsp3) is 0.222. The van der Waals surface area contributed by atoms with Gasteiger partial charge in [-0.2, -0.15) is 5.10 Å². The molecule has 0 unspecified atom stereocenters. The fourth-order valence-corrected chi connectivity index (χ4v) is 4.85. The molecule has 0 aliphatic carbocycles. The maximum absolute atomic E-state index is 12.7. The number of carbonyl (C=O) groups is 1. The first-order chi connectivity index (χ1) is 17.7. The number of urea groups is 1. The smallest absolute Gasteiger partial charge is 0.323 e. The van der Waals surface area contributed by atoms with Gasteiger partial charge in [0, 0.05) is 65.6 Å². The first kappa shape index (κ1) is 24.1. The van der Waals surface area contributed by atoms with Gasteiger partial charge in [-0.25, -0.2) is 9.10 Å². The van der Waals surface area contributed by atoms with Gasteiger partial charge in [0.05, 0.1) is 13.2 Å². The number of rotatable bonds is 7. The van der Waals surface area contributed by atoms with Gasteiger partial charge >= 0.3 is 6.03 Å². The average Bonchev–Trinajstić information content (AvgIpc) is 3.36. The highest BCUT2D eigenvalue weighted by Gasteiger charge is 2.14. The van der Waals surface area contributed by atoms with Gasteiger partial charge in [0.25, 0.3) is 0 Å². The zero-order valence-corrected chi connectivity index (χ0v) is 20.9. The maximum Gasteiger partial charge on any atom is 0.323 e. The number of nitrogens with one attached hydrogen (secondary N) is 2. The van der Waals surface area contributed by atoms with Gasteiger partial charge in [0.1, 0.15) is 5.69 Å². The number of ether oxygens (including phenoxy) is 1. The van der Waals surface area contributed by atoms with Gasteiger partial charge in [-0.15, -0.1) is 0 Å². The van der Waals surface area contributed by atoms with E-state index in [4.69, 9.17) is 9.84 Å². The molecule has 1 aliphatic heterocycles. The molecule has 2 aromatic heterocycles. The minimum absolute atomic E-state index is 0.292. The largest absolute Gasteiger partial charge is 0.379 e. The van der Waals surface area contributed by atoms with Crippen molar-refractivity contribution in [2.75, 3.05) is 36.9 Å². The summed E-state index contributed by atoms with van der Waals surface area (Å²) in [6.45, 7) is 6.18. The lowest BCUT2D eigenvalue weighted by molar-refractivity contribution is 0.0773. The van der Waals surface area contributed by atoms with Crippen LogP contribution in [-0.2, 0) is 11.3 Å². The molecule has 2 N–H and O–H groups in total. The van der Waals surface area contributed by atoms with E-state index in [0.717, 1.165) is 65.8 Å². The van der Waals surface area contributed by atoms with Crippen molar-refractivity contribution in [1.82, 2.24) is 19.1 Å². The van der Waals surface area contributed by atoms with Crippen molar-refractivity contribution in [1.29, 1.82) is 0 Å². The number of carbonyl (C=O) groups excluding carboxylic acids is 1. The lowest BCUT2D eigenvalue weighted by atomic mass is 10.0. The van der Waals surface area contributed by atoms with E-state index in [1.807, 2.05) is 71.5 Å². The Kier molecular flexibility index (Phi) is 7.61. The zero-order valence-electron chi connectivity index (χ0n) is 20.1. The first-order valence-electron chi connectivity index (χ1n) is 11.9. The van der Waals surface area contributed by atoms with Crippen LogP contribution in [0.5, 0.6) is 0 Å². The van der Waals surface area contributed by atoms with E-state index in [0.29, 0.717) is 5.69 Å². The number of amides is 2. The number of nitrogens with zero attached hydrogens (tertiary/aromatic N) is 4. The van der Waals surface area contributed by atoms with Crippen LogP contribution in [0.4, 0.5) is 16.2 Å². The molecule has 1 aliphatic rings. The molecule has 8 nitrogen and oxygen atoms in total. The summed E-state index contributed by atoms with van der Waals surface area (Å²) >= 11 is 1.71. The molecule has 0 radical (unpaired) electrons. The predicted molar refractivity (Wildman–Crippen MR) is 144 cm³/mol. The van der Waals surface area contributed by atoms with E-state index in [2.05, 4.69) is 26.8 Å². The lowest BCUT2D eigenvalue weighted by Crippen LogP contribution is -2.30. The summed E-state index contributed by atoms with van der Waals surface area (Å²) in [6.07, 6.45) is 5.56. The van der Waals surface area contributed by atoms with Gasteiger partial charge in [-0.05, 0) is 73.0 Å². The Morgan fingerprint density at radius 2 is 1.72 bits per heavy atom. The summed E-state index contributed by atoms with van der Waals surface area (Å²) in [4.78, 5) is 17.9. The summed E-state index contributed by atoms with van der Waals surface area (Å²) < 4.78 is 9.60.